The zero-order valence-corrected chi connectivity index (χ0v) is 26.1. The average Bonchev–Trinajstić information content (AvgIpc) is 3.49. The summed E-state index contributed by atoms with van der Waals surface area (Å²) in [5.41, 5.74) is 3.97. The van der Waals surface area contributed by atoms with Gasteiger partial charge in [-0.1, -0.05) is 41.4 Å². The third-order valence-electron chi connectivity index (χ3n) is 10.9. The van der Waals surface area contributed by atoms with Gasteiger partial charge in [0.1, 0.15) is 17.0 Å². The molecule has 3 fully saturated rings. The number of carbonyl (C=O) groups excluding carboxylic acids is 2. The van der Waals surface area contributed by atoms with Crippen LogP contribution in [0, 0.1) is 11.7 Å². The van der Waals surface area contributed by atoms with Crippen LogP contribution in [0.2, 0.25) is 10.0 Å². The second-order valence-electron chi connectivity index (χ2n) is 13.4. The molecule has 10 heteroatoms. The van der Waals surface area contributed by atoms with Gasteiger partial charge in [0.2, 0.25) is 5.91 Å². The van der Waals surface area contributed by atoms with Crippen LogP contribution in [0.5, 0.6) is 0 Å². The first-order valence-corrected chi connectivity index (χ1v) is 16.7. The zero-order chi connectivity index (χ0) is 30.6. The molecule has 7 nitrogen and oxygen atoms in total. The quantitative estimate of drug-likeness (QED) is 0.266. The molecule has 1 saturated carbocycles. The number of rotatable bonds is 4. The van der Waals surface area contributed by atoms with Crippen LogP contribution in [0.4, 0.5) is 10.1 Å². The maximum Gasteiger partial charge on any atom is 0.254 e. The van der Waals surface area contributed by atoms with Gasteiger partial charge in [0.25, 0.3) is 5.91 Å². The summed E-state index contributed by atoms with van der Waals surface area (Å²) >= 11 is 12.8. The Labute approximate surface area is 270 Å². The van der Waals surface area contributed by atoms with Crippen LogP contribution in [0.25, 0.3) is 5.65 Å². The molecule has 2 aromatic heterocycles. The second kappa shape index (κ2) is 10.0. The highest BCUT2D eigenvalue weighted by Crippen LogP contribution is 2.65. The van der Waals surface area contributed by atoms with Crippen molar-refractivity contribution in [2.75, 3.05) is 25.0 Å². The lowest BCUT2D eigenvalue weighted by Crippen LogP contribution is -2.53. The van der Waals surface area contributed by atoms with Crippen LogP contribution >= 0.6 is 23.2 Å². The molecule has 2 saturated heterocycles. The molecule has 4 aromatic rings. The van der Waals surface area contributed by atoms with E-state index in [1.807, 2.05) is 35.4 Å². The Balaban J connectivity index is 1.24. The molecule has 1 N–H and O–H groups in total. The van der Waals surface area contributed by atoms with Gasteiger partial charge in [-0.25, -0.2) is 9.37 Å². The minimum atomic E-state index is -1.16. The number of imidazole rings is 1. The molecule has 230 valence electrons. The Morgan fingerprint density at radius 2 is 1.89 bits per heavy atom. The monoisotopic (exact) mass is 643 g/mol. The smallest absolute Gasteiger partial charge is 0.254 e. The van der Waals surface area contributed by atoms with E-state index in [2.05, 4.69) is 14.6 Å². The Hall–Kier alpha value is -3.46. The van der Waals surface area contributed by atoms with Crippen LogP contribution in [-0.4, -0.2) is 56.7 Å². The number of anilines is 1. The molecule has 2 amide bonds. The van der Waals surface area contributed by atoms with Gasteiger partial charge in [-0.05, 0) is 73.9 Å². The maximum absolute atomic E-state index is 16.2. The summed E-state index contributed by atoms with van der Waals surface area (Å²) in [6.07, 6.45) is 8.03. The summed E-state index contributed by atoms with van der Waals surface area (Å²) in [6, 6.07) is 14.3. The lowest BCUT2D eigenvalue weighted by Gasteiger charge is -2.40. The number of halogens is 3. The zero-order valence-electron chi connectivity index (χ0n) is 24.6. The molecule has 3 aliphatic heterocycles. The third-order valence-corrected chi connectivity index (χ3v) is 11.4. The van der Waals surface area contributed by atoms with E-state index in [9.17, 15) is 9.59 Å². The van der Waals surface area contributed by atoms with Crippen LogP contribution in [-0.2, 0) is 16.8 Å². The van der Waals surface area contributed by atoms with Gasteiger partial charge in [0, 0.05) is 77.7 Å². The van der Waals surface area contributed by atoms with Crippen LogP contribution in [0.3, 0.4) is 0 Å². The summed E-state index contributed by atoms with van der Waals surface area (Å²) in [5.74, 6) is -1.03. The van der Waals surface area contributed by atoms with Crippen molar-refractivity contribution >= 4 is 46.4 Å². The van der Waals surface area contributed by atoms with Crippen molar-refractivity contribution in [2.45, 2.75) is 61.9 Å². The number of pyridine rings is 1. The summed E-state index contributed by atoms with van der Waals surface area (Å²) in [5, 5.41) is 3.69. The second-order valence-corrected chi connectivity index (χ2v) is 14.2. The van der Waals surface area contributed by atoms with Crippen LogP contribution in [0.15, 0.2) is 54.7 Å². The number of hydrogen-bond acceptors (Lipinski definition) is 4. The van der Waals surface area contributed by atoms with Crippen molar-refractivity contribution in [3.05, 3.63) is 98.7 Å². The highest BCUT2D eigenvalue weighted by molar-refractivity contribution is 6.31. The van der Waals surface area contributed by atoms with Gasteiger partial charge in [-0.2, -0.15) is 0 Å². The molecule has 45 heavy (non-hydrogen) atoms. The number of nitrogens with one attached hydrogen (secondary N) is 1. The summed E-state index contributed by atoms with van der Waals surface area (Å²) in [7, 11) is 0. The van der Waals surface area contributed by atoms with E-state index in [1.54, 1.807) is 24.3 Å². The van der Waals surface area contributed by atoms with E-state index in [4.69, 9.17) is 28.2 Å². The number of nitrogens with zero attached hydrogens (tertiary/aromatic N) is 4. The Bertz CT molecular complexity index is 1920. The SMILES string of the molecule is O=C(c1ccn2c3c(nc2c1)[C@@H]1[C@H](C3)N(CC2CC2)[C@@]2(C(=O)Nc3cc(Cl)ccc32)[C@H]1c1cccc(Cl)c1F)N1CCCCC1. The van der Waals surface area contributed by atoms with Gasteiger partial charge < -0.3 is 14.6 Å². The molecular weight excluding hydrogens is 612 g/mol. The molecule has 5 aliphatic rings. The fraction of sp³-hybridized carbons (Fsp3) is 0.400. The van der Waals surface area contributed by atoms with Crippen molar-refractivity contribution in [3.63, 3.8) is 0 Å². The number of amides is 2. The van der Waals surface area contributed by atoms with E-state index < -0.39 is 17.3 Å². The number of likely N-dealkylation sites (tertiary alicyclic amines) is 2. The molecule has 0 unspecified atom stereocenters. The topological polar surface area (TPSA) is 70.0 Å². The number of carbonyl (C=O) groups is 2. The average molecular weight is 645 g/mol. The fourth-order valence-electron chi connectivity index (χ4n) is 8.81. The van der Waals surface area contributed by atoms with E-state index >= 15 is 4.39 Å². The summed E-state index contributed by atoms with van der Waals surface area (Å²) in [6.45, 7) is 2.29. The normalized spacial score (nSPS) is 27.2. The number of piperidine rings is 1. The molecule has 2 aromatic carbocycles. The van der Waals surface area contributed by atoms with Crippen molar-refractivity contribution in [3.8, 4) is 0 Å². The number of aromatic nitrogens is 2. The molecule has 5 heterocycles. The minimum Gasteiger partial charge on any atom is -0.339 e. The third kappa shape index (κ3) is 3.95. The lowest BCUT2D eigenvalue weighted by molar-refractivity contribution is -0.128. The van der Waals surface area contributed by atoms with E-state index in [0.29, 0.717) is 39.8 Å². The fourth-order valence-corrected chi connectivity index (χ4v) is 9.16. The lowest BCUT2D eigenvalue weighted by atomic mass is 9.71. The van der Waals surface area contributed by atoms with Gasteiger partial charge >= 0.3 is 0 Å². The standard InChI is InChI=1S/C35H32Cl2FN5O2/c36-21-9-10-23-25(16-21)39-34(45)35(23)30(22-5-4-6-24(37)31(22)38)29-26(43(35)18-19-7-8-19)17-27-32(29)40-28-15-20(11-14-42(27)28)33(44)41-12-2-1-3-13-41/h4-6,9-11,14-16,19,26,29-30H,1-3,7-8,12-13,17-18H2,(H,39,45)/t26-,29+,30-,35+/m0/s1. The largest absolute Gasteiger partial charge is 0.339 e. The van der Waals surface area contributed by atoms with E-state index in [0.717, 1.165) is 68.7 Å². The van der Waals surface area contributed by atoms with Crippen molar-refractivity contribution < 1.29 is 14.0 Å². The first-order valence-electron chi connectivity index (χ1n) is 16.0. The highest BCUT2D eigenvalue weighted by atomic mass is 35.5. The summed E-state index contributed by atoms with van der Waals surface area (Å²) in [4.78, 5) is 37.4. The predicted octanol–water partition coefficient (Wildman–Crippen LogP) is 6.77. The molecular formula is C35H32Cl2FN5O2. The molecule has 1 spiro atoms. The molecule has 2 aliphatic carbocycles. The van der Waals surface area contributed by atoms with Crippen molar-refractivity contribution in [2.24, 2.45) is 5.92 Å². The maximum atomic E-state index is 16.2. The molecule has 9 rings (SSSR count). The van der Waals surface area contributed by atoms with Gasteiger partial charge in [-0.3, -0.25) is 14.5 Å². The Kier molecular flexibility index (Phi) is 6.19. The molecule has 4 atom stereocenters. The van der Waals surface area contributed by atoms with E-state index in [1.165, 1.54) is 0 Å². The van der Waals surface area contributed by atoms with Gasteiger partial charge in [0.15, 0.2) is 0 Å². The predicted molar refractivity (Wildman–Crippen MR) is 171 cm³/mol. The number of benzene rings is 2. The first kappa shape index (κ1) is 27.8. The minimum absolute atomic E-state index is 0.0312. The highest BCUT2D eigenvalue weighted by Gasteiger charge is 2.69. The van der Waals surface area contributed by atoms with Gasteiger partial charge in [-0.15, -0.1) is 0 Å². The Morgan fingerprint density at radius 1 is 1.07 bits per heavy atom. The van der Waals surface area contributed by atoms with Crippen LogP contribution in [0.1, 0.15) is 76.8 Å². The number of fused-ring (bicyclic) bond motifs is 7. The molecule has 0 bridgehead atoms. The van der Waals surface area contributed by atoms with Crippen molar-refractivity contribution in [1.29, 1.82) is 0 Å². The van der Waals surface area contributed by atoms with E-state index in [-0.39, 0.29) is 28.8 Å². The molecule has 0 radical (unpaired) electrons. The Morgan fingerprint density at radius 3 is 2.69 bits per heavy atom. The van der Waals surface area contributed by atoms with Crippen LogP contribution < -0.4 is 5.32 Å². The van der Waals surface area contributed by atoms with Gasteiger partial charge in [0.05, 0.1) is 10.7 Å². The van der Waals surface area contributed by atoms with Crippen molar-refractivity contribution in [1.82, 2.24) is 19.2 Å². The summed E-state index contributed by atoms with van der Waals surface area (Å²) < 4.78 is 18.3. The number of hydrogen-bond donors (Lipinski definition) is 1. The first-order chi connectivity index (χ1) is 21.9.